The number of hydrogen-bond acceptors (Lipinski definition) is 5. The molecule has 0 aliphatic carbocycles. The third kappa shape index (κ3) is 5.18. The molecule has 35 heavy (non-hydrogen) atoms. The topological polar surface area (TPSA) is 69.0 Å². The molecule has 176 valence electrons. The Bertz CT molecular complexity index is 1530. The first-order valence-corrected chi connectivity index (χ1v) is 12.0. The highest BCUT2D eigenvalue weighted by Crippen LogP contribution is 2.39. The second kappa shape index (κ2) is 9.85. The molecule has 0 spiro atoms. The monoisotopic (exact) mass is 506 g/mol. The first-order chi connectivity index (χ1) is 17.0. The smallest absolute Gasteiger partial charge is 0.224 e. The summed E-state index contributed by atoms with van der Waals surface area (Å²) < 4.78 is 22.3. The number of carbonyl (C=O) groups excluding carboxylic acids is 1. The number of carbonyl (C=O) groups is 1. The second-order valence-corrected chi connectivity index (χ2v) is 9.39. The summed E-state index contributed by atoms with van der Waals surface area (Å²) in [5.41, 5.74) is 2.18. The van der Waals surface area contributed by atoms with Crippen molar-refractivity contribution in [1.29, 1.82) is 0 Å². The molecule has 0 bridgehead atoms. The van der Waals surface area contributed by atoms with Crippen molar-refractivity contribution < 1.29 is 13.9 Å². The Balaban J connectivity index is 1.28. The summed E-state index contributed by atoms with van der Waals surface area (Å²) in [7, 11) is 1.95. The SMILES string of the molecule is Cn1ccnc1-c1cc2nccc(Oc3ccc(CC(=O)NCc4cccc(F)c4)c(Cl)c3)c2s1. The Morgan fingerprint density at radius 1 is 1.14 bits per heavy atom. The van der Waals surface area contributed by atoms with Gasteiger partial charge < -0.3 is 14.6 Å². The van der Waals surface area contributed by atoms with E-state index in [1.54, 1.807) is 54.1 Å². The Labute approximate surface area is 210 Å². The second-order valence-electron chi connectivity index (χ2n) is 7.93. The van der Waals surface area contributed by atoms with Crippen molar-refractivity contribution in [2.45, 2.75) is 13.0 Å². The van der Waals surface area contributed by atoms with E-state index < -0.39 is 0 Å². The van der Waals surface area contributed by atoms with Gasteiger partial charge in [-0.2, -0.15) is 0 Å². The fourth-order valence-electron chi connectivity index (χ4n) is 3.65. The van der Waals surface area contributed by atoms with Crippen LogP contribution in [0.5, 0.6) is 11.5 Å². The van der Waals surface area contributed by atoms with Crippen molar-refractivity contribution >= 4 is 39.1 Å². The summed E-state index contributed by atoms with van der Waals surface area (Å²) >= 11 is 8.01. The minimum atomic E-state index is -0.336. The first kappa shape index (κ1) is 23.0. The number of halogens is 2. The van der Waals surface area contributed by atoms with Crippen molar-refractivity contribution in [3.63, 3.8) is 0 Å². The van der Waals surface area contributed by atoms with Gasteiger partial charge in [0.1, 0.15) is 23.1 Å². The molecule has 9 heteroatoms. The Morgan fingerprint density at radius 2 is 2.03 bits per heavy atom. The van der Waals surface area contributed by atoms with E-state index >= 15 is 0 Å². The Hall–Kier alpha value is -3.75. The summed E-state index contributed by atoms with van der Waals surface area (Å²) in [6.07, 6.45) is 5.46. The van der Waals surface area contributed by atoms with E-state index in [4.69, 9.17) is 16.3 Å². The van der Waals surface area contributed by atoms with Crippen molar-refractivity contribution in [2.75, 3.05) is 0 Å². The quantitative estimate of drug-likeness (QED) is 0.288. The zero-order valence-electron chi connectivity index (χ0n) is 18.7. The van der Waals surface area contributed by atoms with Crippen LogP contribution in [0.15, 0.2) is 73.2 Å². The number of nitrogens with one attached hydrogen (secondary N) is 1. The third-order valence-corrected chi connectivity index (χ3v) is 6.89. The lowest BCUT2D eigenvalue weighted by molar-refractivity contribution is -0.120. The van der Waals surface area contributed by atoms with E-state index in [1.807, 2.05) is 29.9 Å². The van der Waals surface area contributed by atoms with Crippen LogP contribution in [0.3, 0.4) is 0 Å². The standard InChI is InChI=1S/C26H20ClFN4O2S/c1-32-10-9-30-26(32)23-14-21-25(35-23)22(7-8-29-21)34-19-6-5-17(20(27)13-19)12-24(33)31-15-16-3-2-4-18(28)11-16/h2-11,13-14H,12,15H2,1H3,(H,31,33). The number of imidazole rings is 1. The third-order valence-electron chi connectivity index (χ3n) is 5.40. The zero-order valence-corrected chi connectivity index (χ0v) is 20.2. The molecule has 0 saturated heterocycles. The lowest BCUT2D eigenvalue weighted by Gasteiger charge is -2.10. The van der Waals surface area contributed by atoms with Crippen LogP contribution in [0.4, 0.5) is 4.39 Å². The Kier molecular flexibility index (Phi) is 6.48. The first-order valence-electron chi connectivity index (χ1n) is 10.8. The van der Waals surface area contributed by atoms with Gasteiger partial charge in [-0.05, 0) is 41.5 Å². The number of aryl methyl sites for hydroxylation is 1. The van der Waals surface area contributed by atoms with E-state index in [1.165, 1.54) is 12.1 Å². The highest BCUT2D eigenvalue weighted by atomic mass is 35.5. The van der Waals surface area contributed by atoms with Crippen LogP contribution in [0, 0.1) is 5.82 Å². The molecule has 0 atom stereocenters. The molecule has 5 aromatic rings. The maximum atomic E-state index is 13.3. The van der Waals surface area contributed by atoms with Gasteiger partial charge in [0.25, 0.3) is 0 Å². The van der Waals surface area contributed by atoms with E-state index in [0.717, 1.165) is 20.9 Å². The fraction of sp³-hybridized carbons (Fsp3) is 0.115. The fourth-order valence-corrected chi connectivity index (χ4v) is 5.00. The molecule has 5 rings (SSSR count). The summed E-state index contributed by atoms with van der Waals surface area (Å²) in [5.74, 6) is 1.54. The minimum absolute atomic E-state index is 0.103. The molecule has 0 saturated carbocycles. The molecule has 1 N–H and O–H groups in total. The number of thiophene rings is 1. The van der Waals surface area contributed by atoms with E-state index in [0.29, 0.717) is 27.6 Å². The van der Waals surface area contributed by atoms with Crippen LogP contribution in [0.1, 0.15) is 11.1 Å². The maximum absolute atomic E-state index is 13.3. The van der Waals surface area contributed by atoms with E-state index in [9.17, 15) is 9.18 Å². The van der Waals surface area contributed by atoms with Crippen LogP contribution >= 0.6 is 22.9 Å². The normalized spacial score (nSPS) is 11.1. The number of hydrogen-bond donors (Lipinski definition) is 1. The summed E-state index contributed by atoms with van der Waals surface area (Å²) in [6.45, 7) is 0.245. The van der Waals surface area contributed by atoms with Gasteiger partial charge in [0.15, 0.2) is 0 Å². The molecule has 1 amide bonds. The van der Waals surface area contributed by atoms with Gasteiger partial charge in [0, 0.05) is 43.3 Å². The van der Waals surface area contributed by atoms with Gasteiger partial charge in [-0.25, -0.2) is 9.37 Å². The van der Waals surface area contributed by atoms with Gasteiger partial charge in [0.2, 0.25) is 5.91 Å². The zero-order chi connectivity index (χ0) is 24.4. The minimum Gasteiger partial charge on any atom is -0.456 e. The van der Waals surface area contributed by atoms with Crippen LogP contribution in [-0.4, -0.2) is 20.4 Å². The molecular formula is C26H20ClFN4O2S. The van der Waals surface area contributed by atoms with Crippen LogP contribution in [-0.2, 0) is 24.8 Å². The number of aromatic nitrogens is 3. The molecular weight excluding hydrogens is 487 g/mol. The lowest BCUT2D eigenvalue weighted by Crippen LogP contribution is -2.24. The Morgan fingerprint density at radius 3 is 2.80 bits per heavy atom. The highest BCUT2D eigenvalue weighted by Gasteiger charge is 2.14. The summed E-state index contributed by atoms with van der Waals surface area (Å²) in [6, 6.07) is 15.2. The number of ether oxygens (including phenoxy) is 1. The van der Waals surface area contributed by atoms with Gasteiger partial charge in [-0.15, -0.1) is 11.3 Å². The number of amides is 1. The highest BCUT2D eigenvalue weighted by molar-refractivity contribution is 7.22. The number of nitrogens with zero attached hydrogens (tertiary/aromatic N) is 3. The van der Waals surface area contributed by atoms with Gasteiger partial charge in [-0.1, -0.05) is 29.8 Å². The van der Waals surface area contributed by atoms with E-state index in [2.05, 4.69) is 15.3 Å². The number of rotatable bonds is 7. The van der Waals surface area contributed by atoms with Gasteiger partial charge in [-0.3, -0.25) is 9.78 Å². The molecule has 3 aromatic heterocycles. The van der Waals surface area contributed by atoms with Crippen LogP contribution in [0.2, 0.25) is 5.02 Å². The lowest BCUT2D eigenvalue weighted by atomic mass is 10.1. The van der Waals surface area contributed by atoms with Crippen LogP contribution < -0.4 is 10.1 Å². The average molecular weight is 507 g/mol. The van der Waals surface area contributed by atoms with Crippen molar-refractivity contribution in [1.82, 2.24) is 19.9 Å². The van der Waals surface area contributed by atoms with Crippen molar-refractivity contribution in [2.24, 2.45) is 7.05 Å². The molecule has 6 nitrogen and oxygen atoms in total. The number of fused-ring (bicyclic) bond motifs is 1. The van der Waals surface area contributed by atoms with Crippen molar-refractivity contribution in [3.05, 3.63) is 95.2 Å². The number of benzene rings is 2. The molecule has 0 aliphatic heterocycles. The summed E-state index contributed by atoms with van der Waals surface area (Å²) in [4.78, 5) is 22.2. The van der Waals surface area contributed by atoms with Crippen molar-refractivity contribution in [3.8, 4) is 22.2 Å². The van der Waals surface area contributed by atoms with Gasteiger partial charge in [0.05, 0.1) is 21.5 Å². The summed E-state index contributed by atoms with van der Waals surface area (Å²) in [5, 5.41) is 3.21. The molecule has 3 heterocycles. The average Bonchev–Trinajstić information content (AvgIpc) is 3.46. The molecule has 0 unspecified atom stereocenters. The molecule has 2 aromatic carbocycles. The molecule has 0 aliphatic rings. The van der Waals surface area contributed by atoms with Gasteiger partial charge >= 0.3 is 0 Å². The molecule has 0 radical (unpaired) electrons. The van der Waals surface area contributed by atoms with E-state index in [-0.39, 0.29) is 24.7 Å². The van der Waals surface area contributed by atoms with Crippen LogP contribution in [0.25, 0.3) is 20.9 Å². The number of pyridine rings is 1. The largest absolute Gasteiger partial charge is 0.456 e. The predicted octanol–water partition coefficient (Wildman–Crippen LogP) is 6.14. The molecule has 0 fully saturated rings. The predicted molar refractivity (Wildman–Crippen MR) is 135 cm³/mol. The maximum Gasteiger partial charge on any atom is 0.224 e.